The van der Waals surface area contributed by atoms with E-state index in [0.29, 0.717) is 16.9 Å². The predicted octanol–water partition coefficient (Wildman–Crippen LogP) is 4.63. The summed E-state index contributed by atoms with van der Waals surface area (Å²) in [7, 11) is 0. The number of aliphatic hydroxyl groups is 1. The Morgan fingerprint density at radius 3 is 2.24 bits per heavy atom. The van der Waals surface area contributed by atoms with Gasteiger partial charge in [0.2, 0.25) is 0 Å². The van der Waals surface area contributed by atoms with E-state index in [9.17, 15) is 9.59 Å². The number of hydrogen-bond donors (Lipinski definition) is 1. The van der Waals surface area contributed by atoms with E-state index >= 15 is 0 Å². The highest BCUT2D eigenvalue weighted by atomic mass is 16.5. The minimum atomic E-state index is -0.615. The SMILES string of the molecule is C=C(C(=O)OCCO)c1ccc(OC(=O)c2ccc(C=N[C@H](C)c3ccccc3)cc2)cc1. The van der Waals surface area contributed by atoms with Gasteiger partial charge in [0.15, 0.2) is 0 Å². The number of rotatable bonds is 9. The lowest BCUT2D eigenvalue weighted by Gasteiger charge is -2.08. The highest BCUT2D eigenvalue weighted by molar-refractivity contribution is 6.15. The van der Waals surface area contributed by atoms with Gasteiger partial charge in [-0.3, -0.25) is 4.99 Å². The van der Waals surface area contributed by atoms with Crippen LogP contribution in [0.4, 0.5) is 0 Å². The van der Waals surface area contributed by atoms with Crippen LogP contribution in [0.3, 0.4) is 0 Å². The first-order valence-corrected chi connectivity index (χ1v) is 10.5. The van der Waals surface area contributed by atoms with Gasteiger partial charge in [-0.1, -0.05) is 61.2 Å². The maximum absolute atomic E-state index is 12.5. The Balaban J connectivity index is 1.57. The van der Waals surface area contributed by atoms with Gasteiger partial charge >= 0.3 is 11.9 Å². The molecular weight excluding hydrogens is 418 g/mol. The van der Waals surface area contributed by atoms with Crippen molar-refractivity contribution in [2.45, 2.75) is 13.0 Å². The molecule has 3 aromatic rings. The number of nitrogens with zero attached hydrogens (tertiary/aromatic N) is 1. The summed E-state index contributed by atoms with van der Waals surface area (Å²) in [6, 6.07) is 23.4. The molecule has 0 bridgehead atoms. The average molecular weight is 443 g/mol. The summed E-state index contributed by atoms with van der Waals surface area (Å²) >= 11 is 0. The molecule has 3 rings (SSSR count). The van der Waals surface area contributed by atoms with Gasteiger partial charge in [-0.05, 0) is 47.9 Å². The second-order valence-corrected chi connectivity index (χ2v) is 7.24. The molecule has 0 saturated heterocycles. The van der Waals surface area contributed by atoms with Gasteiger partial charge in [-0.25, -0.2) is 9.59 Å². The topological polar surface area (TPSA) is 85.2 Å². The molecule has 1 atom stereocenters. The molecule has 168 valence electrons. The molecule has 0 aliphatic rings. The van der Waals surface area contributed by atoms with Crippen LogP contribution in [0.2, 0.25) is 0 Å². The Morgan fingerprint density at radius 1 is 0.970 bits per heavy atom. The molecule has 33 heavy (non-hydrogen) atoms. The van der Waals surface area contributed by atoms with Gasteiger partial charge < -0.3 is 14.6 Å². The molecule has 1 N–H and O–H groups in total. The van der Waals surface area contributed by atoms with Crippen LogP contribution in [0.15, 0.2) is 90.4 Å². The first kappa shape index (κ1) is 23.6. The number of aliphatic hydroxyl groups excluding tert-OH is 1. The summed E-state index contributed by atoms with van der Waals surface area (Å²) in [5.41, 5.74) is 3.10. The fraction of sp³-hybridized carbons (Fsp3) is 0.148. The van der Waals surface area contributed by atoms with Gasteiger partial charge in [0.1, 0.15) is 12.4 Å². The molecule has 6 nitrogen and oxygen atoms in total. The summed E-state index contributed by atoms with van der Waals surface area (Å²) in [5.74, 6) is -0.775. The van der Waals surface area contributed by atoms with Crippen LogP contribution >= 0.6 is 0 Å². The molecule has 0 spiro atoms. The maximum atomic E-state index is 12.5. The second-order valence-electron chi connectivity index (χ2n) is 7.24. The monoisotopic (exact) mass is 443 g/mol. The van der Waals surface area contributed by atoms with Gasteiger partial charge in [0.25, 0.3) is 0 Å². The Bertz CT molecular complexity index is 1120. The van der Waals surface area contributed by atoms with Crippen molar-refractivity contribution in [3.8, 4) is 5.75 Å². The molecule has 0 unspecified atom stereocenters. The van der Waals surface area contributed by atoms with Crippen LogP contribution in [0.25, 0.3) is 5.57 Å². The largest absolute Gasteiger partial charge is 0.460 e. The zero-order valence-corrected chi connectivity index (χ0v) is 18.3. The van der Waals surface area contributed by atoms with Crippen molar-refractivity contribution in [3.63, 3.8) is 0 Å². The van der Waals surface area contributed by atoms with Crippen LogP contribution in [-0.4, -0.2) is 36.5 Å². The highest BCUT2D eigenvalue weighted by Crippen LogP contribution is 2.20. The molecule has 0 heterocycles. The Morgan fingerprint density at radius 2 is 1.61 bits per heavy atom. The molecular formula is C27H25NO5. The van der Waals surface area contributed by atoms with Gasteiger partial charge in [-0.2, -0.15) is 0 Å². The molecule has 0 amide bonds. The van der Waals surface area contributed by atoms with Crippen LogP contribution in [0.5, 0.6) is 5.75 Å². The summed E-state index contributed by atoms with van der Waals surface area (Å²) in [4.78, 5) is 28.8. The number of carbonyl (C=O) groups excluding carboxylic acids is 2. The van der Waals surface area contributed by atoms with E-state index in [-0.39, 0.29) is 24.8 Å². The summed E-state index contributed by atoms with van der Waals surface area (Å²) in [5, 5.41) is 8.73. The van der Waals surface area contributed by atoms with E-state index in [4.69, 9.17) is 14.6 Å². The first-order valence-electron chi connectivity index (χ1n) is 10.5. The number of carbonyl (C=O) groups is 2. The molecule has 0 saturated carbocycles. The van der Waals surface area contributed by atoms with Crippen LogP contribution in [-0.2, 0) is 9.53 Å². The molecule has 0 aromatic heterocycles. The van der Waals surface area contributed by atoms with E-state index in [1.54, 1.807) is 42.6 Å². The van der Waals surface area contributed by atoms with E-state index in [0.717, 1.165) is 11.1 Å². The van der Waals surface area contributed by atoms with Crippen molar-refractivity contribution in [1.82, 2.24) is 0 Å². The van der Waals surface area contributed by atoms with Crippen molar-refractivity contribution in [2.75, 3.05) is 13.2 Å². The van der Waals surface area contributed by atoms with Gasteiger partial charge in [0, 0.05) is 6.21 Å². The van der Waals surface area contributed by atoms with Gasteiger partial charge in [0.05, 0.1) is 23.8 Å². The molecule has 0 aliphatic carbocycles. The van der Waals surface area contributed by atoms with Crippen molar-refractivity contribution in [2.24, 2.45) is 4.99 Å². The third-order valence-electron chi connectivity index (χ3n) is 4.86. The van der Waals surface area contributed by atoms with E-state index in [1.165, 1.54) is 0 Å². The quantitative estimate of drug-likeness (QED) is 0.225. The van der Waals surface area contributed by atoms with Crippen molar-refractivity contribution < 1.29 is 24.2 Å². The standard InChI is InChI=1S/C27H25NO5/c1-19(26(30)32-17-16-29)22-12-14-25(15-13-22)33-27(31)24-10-8-21(9-11-24)18-28-20(2)23-6-4-3-5-7-23/h3-15,18,20,29H,1,16-17H2,2H3/t20-/m1/s1. The van der Waals surface area contributed by atoms with Crippen LogP contribution in [0, 0.1) is 0 Å². The summed E-state index contributed by atoms with van der Waals surface area (Å²) < 4.78 is 10.2. The number of esters is 2. The van der Waals surface area contributed by atoms with Crippen molar-refractivity contribution >= 4 is 23.7 Å². The smallest absolute Gasteiger partial charge is 0.343 e. The minimum absolute atomic E-state index is 0.0337. The van der Waals surface area contributed by atoms with Crippen molar-refractivity contribution in [1.29, 1.82) is 0 Å². The maximum Gasteiger partial charge on any atom is 0.343 e. The second kappa shape index (κ2) is 11.5. The molecule has 0 aliphatic heterocycles. The Labute approximate surface area is 192 Å². The third-order valence-corrected chi connectivity index (χ3v) is 4.86. The van der Waals surface area contributed by atoms with E-state index in [2.05, 4.69) is 11.6 Å². The van der Waals surface area contributed by atoms with E-state index in [1.807, 2.05) is 49.4 Å². The highest BCUT2D eigenvalue weighted by Gasteiger charge is 2.12. The lowest BCUT2D eigenvalue weighted by Crippen LogP contribution is -2.10. The van der Waals surface area contributed by atoms with Gasteiger partial charge in [-0.15, -0.1) is 0 Å². The number of benzene rings is 3. The molecule has 0 radical (unpaired) electrons. The predicted molar refractivity (Wildman–Crippen MR) is 127 cm³/mol. The minimum Gasteiger partial charge on any atom is -0.460 e. The summed E-state index contributed by atoms with van der Waals surface area (Å²) in [6.45, 7) is 5.37. The number of aliphatic imine (C=N–C) groups is 1. The fourth-order valence-electron chi connectivity index (χ4n) is 2.95. The molecule has 6 heteroatoms. The molecule has 0 fully saturated rings. The normalized spacial score (nSPS) is 11.7. The average Bonchev–Trinajstić information content (AvgIpc) is 2.86. The van der Waals surface area contributed by atoms with Crippen LogP contribution in [0.1, 0.15) is 40.0 Å². The van der Waals surface area contributed by atoms with Crippen molar-refractivity contribution in [3.05, 3.63) is 108 Å². The Hall–Kier alpha value is -4.03. The summed E-state index contributed by atoms with van der Waals surface area (Å²) in [6.07, 6.45) is 1.78. The number of ether oxygens (including phenoxy) is 2. The fourth-order valence-corrected chi connectivity index (χ4v) is 2.95. The number of hydrogen-bond acceptors (Lipinski definition) is 6. The Kier molecular flexibility index (Phi) is 8.27. The zero-order chi connectivity index (χ0) is 23.6. The zero-order valence-electron chi connectivity index (χ0n) is 18.3. The van der Waals surface area contributed by atoms with E-state index < -0.39 is 11.9 Å². The lowest BCUT2D eigenvalue weighted by atomic mass is 10.1. The van der Waals surface area contributed by atoms with Crippen LogP contribution < -0.4 is 4.74 Å². The lowest BCUT2D eigenvalue weighted by molar-refractivity contribution is -0.137. The third kappa shape index (κ3) is 6.72. The first-order chi connectivity index (χ1) is 16.0. The molecule has 3 aromatic carbocycles.